The normalized spacial score (nSPS) is 13.4. The Labute approximate surface area is 119 Å². The van der Waals surface area contributed by atoms with Crippen LogP contribution in [-0.4, -0.2) is 17.3 Å². The number of ether oxygens (including phenoxy) is 1. The molecule has 1 aromatic carbocycles. The van der Waals surface area contributed by atoms with Crippen LogP contribution in [-0.2, 0) is 11.3 Å². The number of rotatable bonds is 4. The van der Waals surface area contributed by atoms with Crippen LogP contribution in [0.4, 0.5) is 0 Å². The molecule has 1 atom stereocenters. The van der Waals surface area contributed by atoms with Gasteiger partial charge in [0, 0.05) is 19.2 Å². The summed E-state index contributed by atoms with van der Waals surface area (Å²) in [7, 11) is 1.65. The summed E-state index contributed by atoms with van der Waals surface area (Å²) in [6.45, 7) is 6.75. The molecular formula is C15H21N3O2. The zero-order valence-corrected chi connectivity index (χ0v) is 12.4. The first-order valence-electron chi connectivity index (χ1n) is 6.61. The molecule has 108 valence electrons. The van der Waals surface area contributed by atoms with E-state index in [4.69, 9.17) is 15.0 Å². The zero-order chi connectivity index (χ0) is 14.8. The van der Waals surface area contributed by atoms with Gasteiger partial charge in [-0.3, -0.25) is 0 Å². The van der Waals surface area contributed by atoms with Gasteiger partial charge < -0.3 is 15.0 Å². The third kappa shape index (κ3) is 3.05. The van der Waals surface area contributed by atoms with Gasteiger partial charge in [-0.25, -0.2) is 0 Å². The fraction of sp³-hybridized carbons (Fsp3) is 0.467. The van der Waals surface area contributed by atoms with Crippen molar-refractivity contribution in [3.63, 3.8) is 0 Å². The van der Waals surface area contributed by atoms with E-state index in [1.807, 2.05) is 24.3 Å². The zero-order valence-electron chi connectivity index (χ0n) is 12.4. The number of hydrogen-bond acceptors (Lipinski definition) is 5. The highest BCUT2D eigenvalue weighted by atomic mass is 16.5. The van der Waals surface area contributed by atoms with E-state index in [2.05, 4.69) is 30.9 Å². The molecule has 2 rings (SSSR count). The minimum Gasteiger partial charge on any atom is -0.373 e. The molecule has 0 saturated carbocycles. The summed E-state index contributed by atoms with van der Waals surface area (Å²) in [6, 6.07) is 7.77. The summed E-state index contributed by atoms with van der Waals surface area (Å²) >= 11 is 0. The maximum Gasteiger partial charge on any atom is 0.258 e. The average molecular weight is 275 g/mol. The van der Waals surface area contributed by atoms with Crippen molar-refractivity contribution in [1.29, 1.82) is 0 Å². The summed E-state index contributed by atoms with van der Waals surface area (Å²) in [6.07, 6.45) is -0.205. The molecular weight excluding hydrogens is 254 g/mol. The molecule has 0 amide bonds. The average Bonchev–Trinajstić information content (AvgIpc) is 2.87. The van der Waals surface area contributed by atoms with Gasteiger partial charge in [0.15, 0.2) is 0 Å². The fourth-order valence-corrected chi connectivity index (χ4v) is 2.09. The van der Waals surface area contributed by atoms with Crippen molar-refractivity contribution >= 4 is 0 Å². The number of methoxy groups -OCH3 is 1. The highest BCUT2D eigenvalue weighted by Gasteiger charge is 2.30. The van der Waals surface area contributed by atoms with Crippen molar-refractivity contribution in [2.75, 3.05) is 7.11 Å². The summed E-state index contributed by atoms with van der Waals surface area (Å²) in [5, 5.41) is 4.04. The predicted octanol–water partition coefficient (Wildman–Crippen LogP) is 2.93. The highest BCUT2D eigenvalue weighted by Crippen LogP contribution is 2.34. The Balaban J connectivity index is 2.27. The minimum absolute atomic E-state index is 0.0979. The summed E-state index contributed by atoms with van der Waals surface area (Å²) in [5.41, 5.74) is 7.43. The van der Waals surface area contributed by atoms with Crippen LogP contribution in [0.5, 0.6) is 0 Å². The van der Waals surface area contributed by atoms with Crippen LogP contribution in [0.3, 0.4) is 0 Å². The van der Waals surface area contributed by atoms with E-state index in [0.29, 0.717) is 18.3 Å². The Bertz CT molecular complexity index is 555. The van der Waals surface area contributed by atoms with Gasteiger partial charge in [-0.1, -0.05) is 38.1 Å². The monoisotopic (exact) mass is 275 g/mol. The molecule has 0 aliphatic carbocycles. The number of benzene rings is 1. The largest absolute Gasteiger partial charge is 0.373 e. The molecule has 5 nitrogen and oxygen atoms in total. The minimum atomic E-state index is -0.205. The smallest absolute Gasteiger partial charge is 0.258 e. The first-order chi connectivity index (χ1) is 9.45. The lowest BCUT2D eigenvalue weighted by atomic mass is 9.88. The maximum atomic E-state index is 5.58. The Kier molecular flexibility index (Phi) is 4.20. The molecule has 0 saturated heterocycles. The fourth-order valence-electron chi connectivity index (χ4n) is 2.09. The molecule has 1 aromatic heterocycles. The van der Waals surface area contributed by atoms with Gasteiger partial charge in [0.05, 0.1) is 0 Å². The van der Waals surface area contributed by atoms with Crippen LogP contribution >= 0.6 is 0 Å². The molecule has 2 aromatic rings. The molecule has 0 spiro atoms. The van der Waals surface area contributed by atoms with Crippen molar-refractivity contribution in [1.82, 2.24) is 10.1 Å². The molecule has 0 aliphatic rings. The summed E-state index contributed by atoms with van der Waals surface area (Å²) < 4.78 is 10.8. The summed E-state index contributed by atoms with van der Waals surface area (Å²) in [4.78, 5) is 4.44. The number of hydrogen-bond donors (Lipinski definition) is 1. The Hall–Kier alpha value is -1.72. The van der Waals surface area contributed by atoms with E-state index in [1.165, 1.54) is 0 Å². The van der Waals surface area contributed by atoms with E-state index in [1.54, 1.807) is 7.11 Å². The van der Waals surface area contributed by atoms with E-state index < -0.39 is 0 Å². The maximum absolute atomic E-state index is 5.58. The van der Waals surface area contributed by atoms with Crippen LogP contribution in [0.25, 0.3) is 11.5 Å². The van der Waals surface area contributed by atoms with Crippen molar-refractivity contribution in [2.45, 2.75) is 33.4 Å². The van der Waals surface area contributed by atoms with Gasteiger partial charge in [-0.05, 0) is 23.1 Å². The van der Waals surface area contributed by atoms with Gasteiger partial charge >= 0.3 is 0 Å². The third-order valence-corrected chi connectivity index (χ3v) is 3.14. The van der Waals surface area contributed by atoms with Gasteiger partial charge in [0.1, 0.15) is 6.10 Å². The van der Waals surface area contributed by atoms with Crippen LogP contribution in [0.1, 0.15) is 38.3 Å². The van der Waals surface area contributed by atoms with E-state index in [0.717, 1.165) is 11.1 Å². The second-order valence-electron chi connectivity index (χ2n) is 5.84. The molecule has 2 N–H and O–H groups in total. The second kappa shape index (κ2) is 5.73. The van der Waals surface area contributed by atoms with E-state index in [-0.39, 0.29) is 11.5 Å². The number of nitrogens with zero attached hydrogens (tertiary/aromatic N) is 2. The topological polar surface area (TPSA) is 74.2 Å². The lowest BCUT2D eigenvalue weighted by Gasteiger charge is -2.26. The molecule has 5 heteroatoms. The molecule has 0 fully saturated rings. The molecule has 0 bridgehead atoms. The van der Waals surface area contributed by atoms with Gasteiger partial charge in [-0.2, -0.15) is 4.98 Å². The van der Waals surface area contributed by atoms with Crippen LogP contribution < -0.4 is 5.73 Å². The van der Waals surface area contributed by atoms with Crippen LogP contribution in [0.2, 0.25) is 0 Å². The van der Waals surface area contributed by atoms with Crippen molar-refractivity contribution in [2.24, 2.45) is 11.1 Å². The Morgan fingerprint density at radius 3 is 2.40 bits per heavy atom. The first kappa shape index (κ1) is 14.7. The van der Waals surface area contributed by atoms with Gasteiger partial charge in [0.25, 0.3) is 5.89 Å². The Morgan fingerprint density at radius 1 is 1.25 bits per heavy atom. The third-order valence-electron chi connectivity index (χ3n) is 3.14. The van der Waals surface area contributed by atoms with Crippen molar-refractivity contribution in [3.05, 3.63) is 35.7 Å². The van der Waals surface area contributed by atoms with Crippen LogP contribution in [0.15, 0.2) is 28.8 Å². The quantitative estimate of drug-likeness (QED) is 0.928. The molecule has 1 heterocycles. The lowest BCUT2D eigenvalue weighted by Crippen LogP contribution is -2.21. The summed E-state index contributed by atoms with van der Waals surface area (Å²) in [5.74, 6) is 1.06. The number of nitrogens with two attached hydrogens (primary N) is 1. The number of aromatic nitrogens is 2. The van der Waals surface area contributed by atoms with Gasteiger partial charge in [-0.15, -0.1) is 0 Å². The SMILES string of the molecule is COC(c1noc(-c2ccc(CN)cc2)n1)C(C)(C)C. The molecule has 1 unspecified atom stereocenters. The van der Waals surface area contributed by atoms with E-state index >= 15 is 0 Å². The van der Waals surface area contributed by atoms with Crippen molar-refractivity contribution < 1.29 is 9.26 Å². The molecule has 0 radical (unpaired) electrons. The van der Waals surface area contributed by atoms with Gasteiger partial charge in [0.2, 0.25) is 5.82 Å². The van der Waals surface area contributed by atoms with Crippen molar-refractivity contribution in [3.8, 4) is 11.5 Å². The van der Waals surface area contributed by atoms with E-state index in [9.17, 15) is 0 Å². The molecule has 20 heavy (non-hydrogen) atoms. The predicted molar refractivity (Wildman–Crippen MR) is 76.8 cm³/mol. The Morgan fingerprint density at radius 2 is 1.90 bits per heavy atom. The second-order valence-corrected chi connectivity index (χ2v) is 5.84. The standard InChI is InChI=1S/C15H21N3O2/c1-15(2,3)12(19-4)13-17-14(20-18-13)11-7-5-10(9-16)6-8-11/h5-8,12H,9,16H2,1-4H3. The van der Waals surface area contributed by atoms with Crippen LogP contribution in [0, 0.1) is 5.41 Å². The first-order valence-corrected chi connectivity index (χ1v) is 6.61. The molecule has 0 aliphatic heterocycles. The lowest BCUT2D eigenvalue weighted by molar-refractivity contribution is 0.00718. The highest BCUT2D eigenvalue weighted by molar-refractivity contribution is 5.53.